The zero-order chi connectivity index (χ0) is 18.6. The van der Waals surface area contributed by atoms with Gasteiger partial charge in [-0.15, -0.1) is 0 Å². The van der Waals surface area contributed by atoms with E-state index in [1.807, 2.05) is 58.0 Å². The van der Waals surface area contributed by atoms with Gasteiger partial charge in [-0.25, -0.2) is 9.78 Å². The molecule has 0 unspecified atom stereocenters. The number of carbonyl (C=O) groups is 1. The predicted octanol–water partition coefficient (Wildman–Crippen LogP) is 5.58. The fraction of sp³-hybridized carbons (Fsp3) is 0.182. The van der Waals surface area contributed by atoms with Crippen molar-refractivity contribution < 1.29 is 14.3 Å². The molecule has 2 heterocycles. The zero-order valence-corrected chi connectivity index (χ0v) is 15.2. The topological polar surface area (TPSA) is 63.3 Å². The molecule has 26 heavy (non-hydrogen) atoms. The van der Waals surface area contributed by atoms with Crippen LogP contribution in [-0.4, -0.2) is 16.1 Å². The van der Waals surface area contributed by atoms with Crippen molar-refractivity contribution in [3.63, 3.8) is 0 Å². The van der Waals surface area contributed by atoms with Gasteiger partial charge in [0.2, 0.25) is 0 Å². The van der Waals surface area contributed by atoms with Crippen molar-refractivity contribution >= 4 is 27.8 Å². The average molecular weight is 345 g/mol. The molecular formula is C22H19NO3. The van der Waals surface area contributed by atoms with E-state index in [-0.39, 0.29) is 5.56 Å². The number of para-hydroxylation sites is 1. The Hall–Kier alpha value is -3.14. The predicted molar refractivity (Wildman–Crippen MR) is 103 cm³/mol. The third-order valence-corrected chi connectivity index (χ3v) is 4.99. The maximum absolute atomic E-state index is 11.9. The molecule has 0 spiro atoms. The maximum Gasteiger partial charge on any atom is 0.336 e. The Balaban J connectivity index is 2.11. The molecule has 4 aromatic rings. The first-order valence-corrected chi connectivity index (χ1v) is 8.52. The number of nitrogens with zero attached hydrogens (tertiary/aromatic N) is 1. The molecule has 0 saturated heterocycles. The van der Waals surface area contributed by atoms with Crippen molar-refractivity contribution in [2.24, 2.45) is 0 Å². The third-order valence-electron chi connectivity index (χ3n) is 4.99. The van der Waals surface area contributed by atoms with Gasteiger partial charge in [-0.3, -0.25) is 0 Å². The Bertz CT molecular complexity index is 1200. The van der Waals surface area contributed by atoms with Gasteiger partial charge < -0.3 is 9.52 Å². The molecule has 4 heteroatoms. The molecule has 0 radical (unpaired) electrons. The highest BCUT2D eigenvalue weighted by molar-refractivity contribution is 6.06. The van der Waals surface area contributed by atoms with Gasteiger partial charge in [-0.2, -0.15) is 0 Å². The van der Waals surface area contributed by atoms with Crippen molar-refractivity contribution in [1.82, 2.24) is 4.98 Å². The number of pyridine rings is 1. The minimum Gasteiger partial charge on any atom is -0.478 e. The van der Waals surface area contributed by atoms with Crippen LogP contribution in [0.25, 0.3) is 33.3 Å². The molecule has 0 aliphatic carbocycles. The summed E-state index contributed by atoms with van der Waals surface area (Å²) in [5.41, 5.74) is 6.19. The Morgan fingerprint density at radius 1 is 1.00 bits per heavy atom. The highest BCUT2D eigenvalue weighted by Gasteiger charge is 2.20. The first kappa shape index (κ1) is 16.3. The van der Waals surface area contributed by atoms with E-state index in [9.17, 15) is 9.90 Å². The van der Waals surface area contributed by atoms with Gasteiger partial charge in [-0.1, -0.05) is 30.3 Å². The van der Waals surface area contributed by atoms with Crippen LogP contribution in [0.3, 0.4) is 0 Å². The summed E-state index contributed by atoms with van der Waals surface area (Å²) in [6.07, 6.45) is 0. The monoisotopic (exact) mass is 345 g/mol. The van der Waals surface area contributed by atoms with Crippen LogP contribution in [-0.2, 0) is 0 Å². The number of carboxylic acid groups (broad SMARTS) is 1. The Labute approximate surface area is 151 Å². The Kier molecular flexibility index (Phi) is 3.58. The van der Waals surface area contributed by atoms with Gasteiger partial charge in [0.15, 0.2) is 5.76 Å². The molecule has 4 rings (SSSR count). The molecule has 0 atom stereocenters. The first-order chi connectivity index (χ1) is 12.4. The number of carboxylic acids is 1. The minimum absolute atomic E-state index is 0.253. The summed E-state index contributed by atoms with van der Waals surface area (Å²) in [6.45, 7) is 7.83. The lowest BCUT2D eigenvalue weighted by Crippen LogP contribution is -2.02. The van der Waals surface area contributed by atoms with Gasteiger partial charge in [0.25, 0.3) is 0 Å². The first-order valence-electron chi connectivity index (χ1n) is 8.52. The number of aromatic nitrogens is 1. The van der Waals surface area contributed by atoms with E-state index in [2.05, 4.69) is 0 Å². The lowest BCUT2D eigenvalue weighted by molar-refractivity contribution is 0.0699. The largest absolute Gasteiger partial charge is 0.478 e. The van der Waals surface area contributed by atoms with E-state index in [4.69, 9.17) is 9.40 Å². The van der Waals surface area contributed by atoms with Crippen molar-refractivity contribution in [2.45, 2.75) is 27.7 Å². The zero-order valence-electron chi connectivity index (χ0n) is 15.2. The second kappa shape index (κ2) is 5.70. The van der Waals surface area contributed by atoms with Crippen LogP contribution in [0.5, 0.6) is 0 Å². The third kappa shape index (κ3) is 2.30. The molecule has 1 N–H and O–H groups in total. The number of aryl methyl sites for hydroxylation is 4. The van der Waals surface area contributed by atoms with E-state index in [1.165, 1.54) is 0 Å². The fourth-order valence-corrected chi connectivity index (χ4v) is 3.56. The summed E-state index contributed by atoms with van der Waals surface area (Å²) in [5, 5.41) is 11.5. The molecule has 130 valence electrons. The molecule has 2 aromatic heterocycles. The lowest BCUT2D eigenvalue weighted by Gasteiger charge is -2.10. The number of fused-ring (bicyclic) bond motifs is 2. The normalized spacial score (nSPS) is 11.4. The molecule has 0 saturated carbocycles. The van der Waals surface area contributed by atoms with Crippen molar-refractivity contribution in [1.29, 1.82) is 0 Å². The van der Waals surface area contributed by atoms with Crippen molar-refractivity contribution in [3.05, 3.63) is 64.2 Å². The van der Waals surface area contributed by atoms with Crippen LogP contribution in [0.15, 0.2) is 40.8 Å². The number of furan rings is 1. The second-order valence-electron chi connectivity index (χ2n) is 6.79. The summed E-state index contributed by atoms with van der Waals surface area (Å²) in [7, 11) is 0. The minimum atomic E-state index is -0.961. The lowest BCUT2D eigenvalue weighted by atomic mass is 9.99. The molecule has 0 amide bonds. The van der Waals surface area contributed by atoms with Gasteiger partial charge >= 0.3 is 5.97 Å². The fourth-order valence-electron chi connectivity index (χ4n) is 3.56. The van der Waals surface area contributed by atoms with Gasteiger partial charge in [0, 0.05) is 16.3 Å². The Morgan fingerprint density at radius 3 is 2.42 bits per heavy atom. The van der Waals surface area contributed by atoms with Crippen LogP contribution >= 0.6 is 0 Å². The van der Waals surface area contributed by atoms with Crippen LogP contribution in [0, 0.1) is 27.7 Å². The molecule has 0 fully saturated rings. The SMILES string of the molecule is Cc1c(-c2cc(C(=O)O)c3c(C)ccc(C)c3n2)oc2c(C)cccc12. The van der Waals surface area contributed by atoms with Crippen LogP contribution < -0.4 is 0 Å². The number of rotatable bonds is 2. The van der Waals surface area contributed by atoms with Crippen molar-refractivity contribution in [3.8, 4) is 11.5 Å². The number of hydrogen-bond acceptors (Lipinski definition) is 3. The highest BCUT2D eigenvalue weighted by atomic mass is 16.4. The van der Waals surface area contributed by atoms with Crippen LogP contribution in [0.2, 0.25) is 0 Å². The van der Waals surface area contributed by atoms with Crippen LogP contribution in [0.4, 0.5) is 0 Å². The number of aromatic carboxylic acids is 1. The highest BCUT2D eigenvalue weighted by Crippen LogP contribution is 2.36. The standard InChI is InChI=1S/C22H19NO3/c1-11-8-9-12(2)19-18(11)16(22(24)25)10-17(23-19)21-14(4)15-7-5-6-13(3)20(15)26-21/h5-10H,1-4H3,(H,24,25). The van der Waals surface area contributed by atoms with E-state index in [1.54, 1.807) is 6.07 Å². The van der Waals surface area contributed by atoms with Gasteiger partial charge in [0.05, 0.1) is 11.1 Å². The van der Waals surface area contributed by atoms with Crippen molar-refractivity contribution in [2.75, 3.05) is 0 Å². The number of hydrogen-bond donors (Lipinski definition) is 1. The summed E-state index contributed by atoms with van der Waals surface area (Å²) < 4.78 is 6.11. The molecule has 0 bridgehead atoms. The number of benzene rings is 2. The smallest absolute Gasteiger partial charge is 0.336 e. The van der Waals surface area contributed by atoms with Gasteiger partial charge in [-0.05, 0) is 50.5 Å². The summed E-state index contributed by atoms with van der Waals surface area (Å²) in [6, 6.07) is 11.5. The summed E-state index contributed by atoms with van der Waals surface area (Å²) in [4.78, 5) is 16.7. The second-order valence-corrected chi connectivity index (χ2v) is 6.79. The quantitative estimate of drug-likeness (QED) is 0.515. The maximum atomic E-state index is 11.9. The molecular weight excluding hydrogens is 326 g/mol. The molecule has 2 aromatic carbocycles. The van der Waals surface area contributed by atoms with E-state index in [0.29, 0.717) is 22.4 Å². The summed E-state index contributed by atoms with van der Waals surface area (Å²) >= 11 is 0. The molecule has 0 aliphatic rings. The molecule has 0 aliphatic heterocycles. The average Bonchev–Trinajstić information content (AvgIpc) is 2.96. The van der Waals surface area contributed by atoms with E-state index >= 15 is 0 Å². The van der Waals surface area contributed by atoms with E-state index in [0.717, 1.165) is 33.2 Å². The van der Waals surface area contributed by atoms with Gasteiger partial charge in [0.1, 0.15) is 11.3 Å². The molecule has 4 nitrogen and oxygen atoms in total. The van der Waals surface area contributed by atoms with E-state index < -0.39 is 5.97 Å². The Morgan fingerprint density at radius 2 is 1.73 bits per heavy atom. The summed E-state index contributed by atoms with van der Waals surface area (Å²) in [5.74, 6) is -0.336. The van der Waals surface area contributed by atoms with Crippen LogP contribution in [0.1, 0.15) is 32.6 Å².